The number of nitrogens with one attached hydrogen (secondary N) is 1. The fraction of sp³-hybridized carbons (Fsp3) is 0.440. The molecule has 1 saturated heterocycles. The van der Waals surface area contributed by atoms with Gasteiger partial charge in [0.2, 0.25) is 5.91 Å². The molecule has 9 heteroatoms. The molecule has 1 atom stereocenters. The maximum Gasteiger partial charge on any atom is 0.322 e. The number of carbonyl (C=O) groups excluding carboxylic acids is 2. The van der Waals surface area contributed by atoms with E-state index in [1.807, 2.05) is 37.3 Å². The summed E-state index contributed by atoms with van der Waals surface area (Å²) in [6.45, 7) is 4.97. The first-order valence-corrected chi connectivity index (χ1v) is 11.9. The van der Waals surface area contributed by atoms with Gasteiger partial charge < -0.3 is 20.9 Å². The highest BCUT2D eigenvalue weighted by atomic mass is 16.2. The largest absolute Gasteiger partial charge is 0.384 e. The van der Waals surface area contributed by atoms with Crippen LogP contribution in [0.25, 0.3) is 0 Å². The Morgan fingerprint density at radius 2 is 1.82 bits per heavy atom. The lowest BCUT2D eigenvalue weighted by Crippen LogP contribution is -2.47. The van der Waals surface area contributed by atoms with E-state index in [4.69, 9.17) is 10.8 Å². The van der Waals surface area contributed by atoms with Crippen LogP contribution in [0.15, 0.2) is 41.5 Å². The monoisotopic (exact) mass is 461 g/mol. The van der Waals surface area contributed by atoms with Crippen LogP contribution in [0.1, 0.15) is 43.0 Å². The Labute approximate surface area is 199 Å². The van der Waals surface area contributed by atoms with Crippen LogP contribution in [0, 0.1) is 5.92 Å². The van der Waals surface area contributed by atoms with Crippen LogP contribution in [-0.4, -0.2) is 63.6 Å². The minimum Gasteiger partial charge on any atom is -0.384 e. The van der Waals surface area contributed by atoms with Crippen LogP contribution in [0.5, 0.6) is 0 Å². The van der Waals surface area contributed by atoms with Crippen molar-refractivity contribution in [2.45, 2.75) is 45.3 Å². The zero-order chi connectivity index (χ0) is 23.8. The summed E-state index contributed by atoms with van der Waals surface area (Å²) in [5.74, 6) is 0.628. The molecule has 34 heavy (non-hydrogen) atoms. The highest BCUT2D eigenvalue weighted by Crippen LogP contribution is 2.27. The highest BCUT2D eigenvalue weighted by Gasteiger charge is 2.33. The van der Waals surface area contributed by atoms with Crippen molar-refractivity contribution in [2.24, 2.45) is 11.0 Å². The maximum atomic E-state index is 12.8. The highest BCUT2D eigenvalue weighted by molar-refractivity contribution is 6.06. The molecular weight excluding hydrogens is 430 g/mol. The van der Waals surface area contributed by atoms with Crippen molar-refractivity contribution in [2.75, 3.05) is 31.2 Å². The van der Waals surface area contributed by atoms with Gasteiger partial charge in [0.05, 0.1) is 24.0 Å². The second kappa shape index (κ2) is 9.06. The molecular formula is C25H31N7O2. The number of benzene rings is 1. The minimum atomic E-state index is -0.174. The van der Waals surface area contributed by atoms with Gasteiger partial charge in [-0.15, -0.1) is 0 Å². The molecule has 0 aliphatic carbocycles. The van der Waals surface area contributed by atoms with E-state index >= 15 is 0 Å². The smallest absolute Gasteiger partial charge is 0.322 e. The van der Waals surface area contributed by atoms with Crippen LogP contribution in [0.2, 0.25) is 0 Å². The third kappa shape index (κ3) is 4.48. The fourth-order valence-electron chi connectivity index (χ4n) is 4.93. The van der Waals surface area contributed by atoms with E-state index in [0.717, 1.165) is 48.5 Å². The summed E-state index contributed by atoms with van der Waals surface area (Å²) >= 11 is 0. The van der Waals surface area contributed by atoms with Gasteiger partial charge in [0.1, 0.15) is 5.82 Å². The normalized spacial score (nSPS) is 21.4. The number of urea groups is 1. The van der Waals surface area contributed by atoms with Crippen molar-refractivity contribution in [1.82, 2.24) is 19.8 Å². The number of nitrogens with two attached hydrogens (primary N) is 1. The standard InChI is InChI=1S/C25H31N7O2/c1-16-13-23(33)32(20-9-11-30(2)12-10-20)29-24(16)17-3-6-19(7-4-17)27-25(34)31-14-18-5-8-22(26)28-21(18)15-31/h3-8,16,20H,9-15H2,1-2H3,(H2,26,28)(H,27,34). The summed E-state index contributed by atoms with van der Waals surface area (Å²) in [6.07, 6.45) is 2.36. The van der Waals surface area contributed by atoms with E-state index in [1.54, 1.807) is 16.0 Å². The lowest BCUT2D eigenvalue weighted by molar-refractivity contribution is -0.135. The van der Waals surface area contributed by atoms with Crippen molar-refractivity contribution < 1.29 is 9.59 Å². The molecule has 2 aromatic rings. The number of hydrazone groups is 1. The molecule has 4 heterocycles. The van der Waals surface area contributed by atoms with E-state index in [2.05, 4.69) is 22.2 Å². The van der Waals surface area contributed by atoms with Gasteiger partial charge in [-0.05, 0) is 62.3 Å². The molecule has 5 rings (SSSR count). The number of likely N-dealkylation sites (tertiary alicyclic amines) is 1. The second-order valence-corrected chi connectivity index (χ2v) is 9.57. The minimum absolute atomic E-state index is 0.0542. The first-order chi connectivity index (χ1) is 16.4. The molecule has 9 nitrogen and oxygen atoms in total. The molecule has 0 spiro atoms. The molecule has 3 aliphatic heterocycles. The number of nitrogens with zero attached hydrogens (tertiary/aromatic N) is 5. The molecule has 3 aliphatic rings. The number of carbonyl (C=O) groups is 2. The van der Waals surface area contributed by atoms with Crippen molar-refractivity contribution in [3.8, 4) is 0 Å². The average molecular weight is 462 g/mol. The van der Waals surface area contributed by atoms with E-state index < -0.39 is 0 Å². The van der Waals surface area contributed by atoms with Crippen LogP contribution in [-0.2, 0) is 17.9 Å². The van der Waals surface area contributed by atoms with Crippen molar-refractivity contribution in [3.63, 3.8) is 0 Å². The average Bonchev–Trinajstić information content (AvgIpc) is 3.24. The van der Waals surface area contributed by atoms with Gasteiger partial charge in [-0.25, -0.2) is 14.8 Å². The van der Waals surface area contributed by atoms with Gasteiger partial charge in [0.15, 0.2) is 0 Å². The molecule has 178 valence electrons. The molecule has 1 fully saturated rings. The van der Waals surface area contributed by atoms with Gasteiger partial charge in [-0.3, -0.25) is 4.79 Å². The number of pyridine rings is 1. The number of amides is 3. The topological polar surface area (TPSA) is 107 Å². The second-order valence-electron chi connectivity index (χ2n) is 9.57. The molecule has 1 aromatic heterocycles. The number of anilines is 2. The third-order valence-electron chi connectivity index (χ3n) is 6.96. The van der Waals surface area contributed by atoms with Crippen LogP contribution in [0.4, 0.5) is 16.3 Å². The van der Waals surface area contributed by atoms with E-state index in [0.29, 0.717) is 31.0 Å². The Hall–Kier alpha value is -3.46. The predicted octanol–water partition coefficient (Wildman–Crippen LogP) is 2.88. The van der Waals surface area contributed by atoms with Gasteiger partial charge >= 0.3 is 6.03 Å². The maximum absolute atomic E-state index is 12.8. The zero-order valence-corrected chi connectivity index (χ0v) is 19.7. The van der Waals surface area contributed by atoms with Gasteiger partial charge in [0, 0.05) is 24.6 Å². The number of piperidine rings is 1. The molecule has 1 unspecified atom stereocenters. The lowest BCUT2D eigenvalue weighted by Gasteiger charge is -2.37. The van der Waals surface area contributed by atoms with E-state index in [9.17, 15) is 9.59 Å². The van der Waals surface area contributed by atoms with Crippen molar-refractivity contribution >= 4 is 29.2 Å². The number of hydrogen-bond acceptors (Lipinski definition) is 6. The van der Waals surface area contributed by atoms with E-state index in [1.165, 1.54) is 0 Å². The third-order valence-corrected chi connectivity index (χ3v) is 6.96. The first-order valence-electron chi connectivity index (χ1n) is 11.9. The first kappa shape index (κ1) is 22.3. The molecule has 0 radical (unpaired) electrons. The summed E-state index contributed by atoms with van der Waals surface area (Å²) in [6, 6.07) is 11.4. The number of rotatable bonds is 3. The predicted molar refractivity (Wildman–Crippen MR) is 131 cm³/mol. The van der Waals surface area contributed by atoms with Gasteiger partial charge in [0.25, 0.3) is 0 Å². The van der Waals surface area contributed by atoms with Gasteiger partial charge in [-0.2, -0.15) is 5.10 Å². The molecule has 3 N–H and O–H groups in total. The Morgan fingerprint density at radius 3 is 2.56 bits per heavy atom. The Balaban J connectivity index is 1.26. The Morgan fingerprint density at radius 1 is 1.09 bits per heavy atom. The number of hydrogen-bond donors (Lipinski definition) is 2. The van der Waals surface area contributed by atoms with Crippen molar-refractivity contribution in [1.29, 1.82) is 0 Å². The summed E-state index contributed by atoms with van der Waals surface area (Å²) in [4.78, 5) is 33.8. The fourth-order valence-corrected chi connectivity index (χ4v) is 4.93. The quantitative estimate of drug-likeness (QED) is 0.731. The number of fused-ring (bicyclic) bond motifs is 1. The Kier molecular flexibility index (Phi) is 5.95. The summed E-state index contributed by atoms with van der Waals surface area (Å²) < 4.78 is 0. The molecule has 3 amide bonds. The van der Waals surface area contributed by atoms with Crippen LogP contribution in [0.3, 0.4) is 0 Å². The molecule has 0 bridgehead atoms. The van der Waals surface area contributed by atoms with Crippen LogP contribution < -0.4 is 11.1 Å². The summed E-state index contributed by atoms with van der Waals surface area (Å²) in [7, 11) is 2.11. The lowest BCUT2D eigenvalue weighted by atomic mass is 9.92. The SMILES string of the molecule is CC1CC(=O)N(C2CCN(C)CC2)N=C1c1ccc(NC(=O)N2Cc3ccc(N)nc3C2)cc1. The number of aromatic nitrogens is 1. The van der Waals surface area contributed by atoms with E-state index in [-0.39, 0.29) is 23.9 Å². The Bertz CT molecular complexity index is 1120. The van der Waals surface area contributed by atoms with Crippen LogP contribution >= 0.6 is 0 Å². The summed E-state index contributed by atoms with van der Waals surface area (Å²) in [5.41, 5.74) is 10.2. The molecule has 1 aromatic carbocycles. The van der Waals surface area contributed by atoms with Crippen molar-refractivity contribution in [3.05, 3.63) is 53.2 Å². The zero-order valence-electron chi connectivity index (χ0n) is 19.7. The molecule has 0 saturated carbocycles. The number of nitrogen functional groups attached to an aromatic ring is 1. The summed E-state index contributed by atoms with van der Waals surface area (Å²) in [5, 5.41) is 9.51. The van der Waals surface area contributed by atoms with Gasteiger partial charge in [-0.1, -0.05) is 25.1 Å².